The highest BCUT2D eigenvalue weighted by molar-refractivity contribution is 7.92. The Bertz CT molecular complexity index is 1070. The smallest absolute Gasteiger partial charge is 0.253 e. The summed E-state index contributed by atoms with van der Waals surface area (Å²) in [7, 11) is -3.76. The minimum absolute atomic E-state index is 0.0523. The summed E-state index contributed by atoms with van der Waals surface area (Å²) < 4.78 is 37.0. The molecule has 10 heteroatoms. The Balaban J connectivity index is 1.82. The zero-order chi connectivity index (χ0) is 22.4. The topological polar surface area (TPSA) is 114 Å². The van der Waals surface area contributed by atoms with Gasteiger partial charge in [0.1, 0.15) is 6.54 Å². The van der Waals surface area contributed by atoms with Crippen LogP contribution in [0.15, 0.2) is 42.5 Å². The Hall–Kier alpha value is -3.27. The zero-order valence-corrected chi connectivity index (χ0v) is 18.2. The fourth-order valence-electron chi connectivity index (χ4n) is 2.99. The van der Waals surface area contributed by atoms with E-state index in [2.05, 4.69) is 10.6 Å². The highest BCUT2D eigenvalue weighted by atomic mass is 32.2. The van der Waals surface area contributed by atoms with Crippen LogP contribution in [0, 0.1) is 0 Å². The highest BCUT2D eigenvalue weighted by Gasteiger charge is 2.26. The molecule has 2 aromatic rings. The molecule has 3 rings (SSSR count). The summed E-state index contributed by atoms with van der Waals surface area (Å²) in [6.45, 7) is 3.54. The Morgan fingerprint density at radius 1 is 1.06 bits per heavy atom. The molecular formula is C21H25N3O6S. The minimum atomic E-state index is -3.76. The maximum absolute atomic E-state index is 12.8. The number of hydrogen-bond acceptors (Lipinski definition) is 6. The number of nitrogens with zero attached hydrogens (tertiary/aromatic N) is 1. The molecule has 0 fully saturated rings. The van der Waals surface area contributed by atoms with Crippen LogP contribution in [0.3, 0.4) is 0 Å². The van der Waals surface area contributed by atoms with Crippen molar-refractivity contribution in [1.82, 2.24) is 5.32 Å². The molecule has 2 amide bonds. The van der Waals surface area contributed by atoms with Gasteiger partial charge in [0.05, 0.1) is 22.7 Å². The largest absolute Gasteiger partial charge is 0.454 e. The number of sulfonamides is 1. The number of para-hydroxylation sites is 1. The third-order valence-corrected chi connectivity index (χ3v) is 6.35. The molecule has 0 saturated carbocycles. The average Bonchev–Trinajstić information content (AvgIpc) is 3.24. The number of amides is 2. The van der Waals surface area contributed by atoms with Gasteiger partial charge in [0.25, 0.3) is 5.91 Å². The molecule has 2 N–H and O–H groups in total. The van der Waals surface area contributed by atoms with E-state index in [-0.39, 0.29) is 24.1 Å². The molecule has 0 bridgehead atoms. The fourth-order valence-corrected chi connectivity index (χ4v) is 4.05. The fraction of sp³-hybridized carbons (Fsp3) is 0.333. The quantitative estimate of drug-likeness (QED) is 0.610. The molecule has 0 unspecified atom stereocenters. The van der Waals surface area contributed by atoms with Crippen molar-refractivity contribution in [3.8, 4) is 11.5 Å². The number of benzene rings is 2. The van der Waals surface area contributed by atoms with Crippen molar-refractivity contribution in [3.63, 3.8) is 0 Å². The molecule has 166 valence electrons. The predicted octanol–water partition coefficient (Wildman–Crippen LogP) is 2.35. The molecule has 0 spiro atoms. The average molecular weight is 448 g/mol. The number of carbonyl (C=O) groups excluding carboxylic acids is 2. The molecule has 0 atom stereocenters. The molecule has 0 aliphatic carbocycles. The molecule has 31 heavy (non-hydrogen) atoms. The molecule has 0 aromatic heterocycles. The van der Waals surface area contributed by atoms with E-state index in [0.717, 1.165) is 10.7 Å². The van der Waals surface area contributed by atoms with Crippen molar-refractivity contribution in [2.45, 2.75) is 20.3 Å². The van der Waals surface area contributed by atoms with Crippen molar-refractivity contribution in [1.29, 1.82) is 0 Å². The number of ether oxygens (including phenoxy) is 2. The van der Waals surface area contributed by atoms with Gasteiger partial charge in [0, 0.05) is 12.6 Å². The van der Waals surface area contributed by atoms with Gasteiger partial charge in [-0.15, -0.1) is 0 Å². The highest BCUT2D eigenvalue weighted by Crippen LogP contribution is 2.36. The van der Waals surface area contributed by atoms with E-state index in [1.807, 2.05) is 6.92 Å². The summed E-state index contributed by atoms with van der Waals surface area (Å²) in [5, 5.41) is 5.42. The molecule has 1 aliphatic rings. The summed E-state index contributed by atoms with van der Waals surface area (Å²) >= 11 is 0. The first-order valence-corrected chi connectivity index (χ1v) is 11.5. The second-order valence-corrected chi connectivity index (χ2v) is 8.98. The van der Waals surface area contributed by atoms with Crippen molar-refractivity contribution in [2.24, 2.45) is 0 Å². The van der Waals surface area contributed by atoms with E-state index >= 15 is 0 Å². The van der Waals surface area contributed by atoms with Crippen LogP contribution < -0.4 is 24.4 Å². The lowest BCUT2D eigenvalue weighted by Gasteiger charge is -2.23. The summed E-state index contributed by atoms with van der Waals surface area (Å²) in [6.07, 6.45) is 0.777. The van der Waals surface area contributed by atoms with E-state index in [0.29, 0.717) is 29.3 Å². The van der Waals surface area contributed by atoms with Crippen molar-refractivity contribution >= 4 is 33.2 Å². The predicted molar refractivity (Wildman–Crippen MR) is 117 cm³/mol. The van der Waals surface area contributed by atoms with Gasteiger partial charge in [-0.05, 0) is 37.6 Å². The summed E-state index contributed by atoms with van der Waals surface area (Å²) in [5.41, 5.74) is 0.896. The maximum atomic E-state index is 12.8. The van der Waals surface area contributed by atoms with E-state index in [4.69, 9.17) is 9.47 Å². The zero-order valence-electron chi connectivity index (χ0n) is 17.4. The van der Waals surface area contributed by atoms with Crippen LogP contribution in [-0.4, -0.2) is 45.9 Å². The molecule has 0 radical (unpaired) electrons. The van der Waals surface area contributed by atoms with Gasteiger partial charge in [-0.3, -0.25) is 13.9 Å². The van der Waals surface area contributed by atoms with Crippen molar-refractivity contribution in [2.75, 3.05) is 35.3 Å². The second kappa shape index (κ2) is 9.69. The Morgan fingerprint density at radius 2 is 1.81 bits per heavy atom. The number of nitrogens with one attached hydrogen (secondary N) is 2. The van der Waals surface area contributed by atoms with E-state index in [9.17, 15) is 18.0 Å². The third kappa shape index (κ3) is 5.26. The van der Waals surface area contributed by atoms with Crippen molar-refractivity contribution < 1.29 is 27.5 Å². The van der Waals surface area contributed by atoms with E-state index in [1.165, 1.54) is 13.0 Å². The van der Waals surface area contributed by atoms with Gasteiger partial charge >= 0.3 is 0 Å². The SMILES string of the molecule is CCCNC(=O)c1ccccc1NC(=O)CN(c1ccc2c(c1)OCO2)S(=O)(=O)CC. The van der Waals surface area contributed by atoms with Gasteiger partial charge in [-0.25, -0.2) is 8.42 Å². The van der Waals surface area contributed by atoms with Gasteiger partial charge in [-0.1, -0.05) is 19.1 Å². The molecule has 1 heterocycles. The number of anilines is 2. The Morgan fingerprint density at radius 3 is 2.55 bits per heavy atom. The standard InChI is InChI=1S/C21H25N3O6S/c1-3-11-22-21(26)16-7-5-6-8-17(16)23-20(25)13-24(31(27,28)4-2)15-9-10-18-19(12-15)30-14-29-18/h5-10,12H,3-4,11,13-14H2,1-2H3,(H,22,26)(H,23,25). The summed E-state index contributed by atoms with van der Waals surface area (Å²) in [5.74, 6) is -0.164. The Labute approximate surface area is 181 Å². The van der Waals surface area contributed by atoms with E-state index < -0.39 is 22.5 Å². The first kappa shape index (κ1) is 22.4. The van der Waals surface area contributed by atoms with Gasteiger partial charge < -0.3 is 20.1 Å². The molecule has 0 saturated heterocycles. The van der Waals surface area contributed by atoms with Gasteiger partial charge in [0.15, 0.2) is 11.5 Å². The first-order chi connectivity index (χ1) is 14.9. The summed E-state index contributed by atoms with van der Waals surface area (Å²) in [6, 6.07) is 11.2. The molecule has 1 aliphatic heterocycles. The lowest BCUT2D eigenvalue weighted by atomic mass is 10.1. The normalized spacial score (nSPS) is 12.3. The second-order valence-electron chi connectivity index (χ2n) is 6.79. The van der Waals surface area contributed by atoms with Crippen LogP contribution in [0.5, 0.6) is 11.5 Å². The molecule has 2 aromatic carbocycles. The van der Waals surface area contributed by atoms with Crippen LogP contribution in [0.4, 0.5) is 11.4 Å². The van der Waals surface area contributed by atoms with Crippen LogP contribution in [-0.2, 0) is 14.8 Å². The monoisotopic (exact) mass is 447 g/mol. The molecular weight excluding hydrogens is 422 g/mol. The lowest BCUT2D eigenvalue weighted by molar-refractivity contribution is -0.114. The third-order valence-electron chi connectivity index (χ3n) is 4.61. The number of carbonyl (C=O) groups is 2. The number of fused-ring (bicyclic) bond motifs is 1. The van der Waals surface area contributed by atoms with E-state index in [1.54, 1.807) is 36.4 Å². The van der Waals surface area contributed by atoms with Crippen LogP contribution in [0.25, 0.3) is 0 Å². The number of hydrogen-bond donors (Lipinski definition) is 2. The van der Waals surface area contributed by atoms with Gasteiger partial charge in [0.2, 0.25) is 22.7 Å². The first-order valence-electron chi connectivity index (χ1n) is 9.92. The van der Waals surface area contributed by atoms with Crippen LogP contribution in [0.1, 0.15) is 30.6 Å². The summed E-state index contributed by atoms with van der Waals surface area (Å²) in [4.78, 5) is 25.1. The van der Waals surface area contributed by atoms with Crippen molar-refractivity contribution in [3.05, 3.63) is 48.0 Å². The Kier molecular flexibility index (Phi) is 7.01. The number of rotatable bonds is 9. The minimum Gasteiger partial charge on any atom is -0.454 e. The lowest BCUT2D eigenvalue weighted by Crippen LogP contribution is -2.39. The molecule has 9 nitrogen and oxygen atoms in total. The van der Waals surface area contributed by atoms with Crippen LogP contribution >= 0.6 is 0 Å². The maximum Gasteiger partial charge on any atom is 0.253 e. The van der Waals surface area contributed by atoms with Gasteiger partial charge in [-0.2, -0.15) is 0 Å². The van der Waals surface area contributed by atoms with Crippen LogP contribution in [0.2, 0.25) is 0 Å².